The molecule has 0 unspecified atom stereocenters. The van der Waals surface area contributed by atoms with Crippen molar-refractivity contribution < 1.29 is 17.9 Å². The van der Waals surface area contributed by atoms with Gasteiger partial charge in [0.2, 0.25) is 15.9 Å². The van der Waals surface area contributed by atoms with Gasteiger partial charge in [-0.05, 0) is 54.1 Å². The summed E-state index contributed by atoms with van der Waals surface area (Å²) in [5.74, 6) is 0.384. The van der Waals surface area contributed by atoms with Crippen LogP contribution in [0.15, 0.2) is 77.0 Å². The quantitative estimate of drug-likeness (QED) is 0.447. The Morgan fingerprint density at radius 2 is 1.72 bits per heavy atom. The molecular weight excluding hydrogens is 444 g/mol. The van der Waals surface area contributed by atoms with Gasteiger partial charge in [-0.3, -0.25) is 4.79 Å². The second-order valence-electron chi connectivity index (χ2n) is 7.77. The average Bonchev–Trinajstić information content (AvgIpc) is 3.52. The lowest BCUT2D eigenvalue weighted by Gasteiger charge is -2.27. The maximum atomic E-state index is 13.4. The average molecular weight is 471 g/mol. The van der Waals surface area contributed by atoms with Gasteiger partial charge in [0.15, 0.2) is 0 Å². The number of rotatable bonds is 10. The maximum absolute atomic E-state index is 13.4. The van der Waals surface area contributed by atoms with Crippen molar-refractivity contribution in [3.63, 3.8) is 0 Å². The summed E-state index contributed by atoms with van der Waals surface area (Å²) in [6, 6.07) is 19.9. The fourth-order valence-electron chi connectivity index (χ4n) is 3.52. The Bertz CT molecular complexity index is 1130. The van der Waals surface area contributed by atoms with Crippen LogP contribution in [0.3, 0.4) is 0 Å². The molecule has 0 N–H and O–H groups in total. The Morgan fingerprint density at radius 1 is 1.00 bits per heavy atom. The first-order valence-corrected chi connectivity index (χ1v) is 12.8. The molecule has 168 valence electrons. The minimum absolute atomic E-state index is 0.133. The highest BCUT2D eigenvalue weighted by Gasteiger charge is 2.40. The molecule has 1 amide bonds. The fraction of sp³-hybridized carbons (Fsp3) is 0.292. The van der Waals surface area contributed by atoms with Gasteiger partial charge in [-0.15, -0.1) is 11.3 Å². The lowest BCUT2D eigenvalue weighted by molar-refractivity contribution is -0.132. The van der Waals surface area contributed by atoms with Crippen molar-refractivity contribution in [3.8, 4) is 5.75 Å². The number of amides is 1. The van der Waals surface area contributed by atoms with Crippen LogP contribution in [-0.4, -0.2) is 43.2 Å². The van der Waals surface area contributed by atoms with Crippen LogP contribution in [0.2, 0.25) is 0 Å². The smallest absolute Gasteiger partial charge is 0.243 e. The molecule has 6 nitrogen and oxygen atoms in total. The van der Waals surface area contributed by atoms with Gasteiger partial charge in [0.1, 0.15) is 5.75 Å². The molecule has 0 bridgehead atoms. The summed E-state index contributed by atoms with van der Waals surface area (Å²) in [6.45, 7) is 0.711. The maximum Gasteiger partial charge on any atom is 0.243 e. The van der Waals surface area contributed by atoms with Gasteiger partial charge in [0.05, 0.1) is 25.1 Å². The molecule has 1 heterocycles. The van der Waals surface area contributed by atoms with E-state index in [-0.39, 0.29) is 23.4 Å². The predicted molar refractivity (Wildman–Crippen MR) is 125 cm³/mol. The number of methoxy groups -OCH3 is 1. The molecule has 1 fully saturated rings. The van der Waals surface area contributed by atoms with Crippen LogP contribution in [-0.2, 0) is 27.9 Å². The standard InChI is InChI=1S/C24H26N2O4S2/c1-30-21-11-13-23(14-12-21)32(28,29)26(20-9-10-20)18-24(27)25(17-22-8-5-15-31-22)16-19-6-3-2-4-7-19/h2-8,11-15,20H,9-10,16-18H2,1H3. The van der Waals surface area contributed by atoms with E-state index in [0.717, 1.165) is 23.3 Å². The fourth-order valence-corrected chi connectivity index (χ4v) is 5.87. The van der Waals surface area contributed by atoms with Crippen LogP contribution < -0.4 is 4.74 Å². The number of carbonyl (C=O) groups excluding carboxylic acids is 1. The van der Waals surface area contributed by atoms with Gasteiger partial charge in [-0.25, -0.2) is 8.42 Å². The Hall–Kier alpha value is -2.68. The molecule has 0 atom stereocenters. The number of ether oxygens (including phenoxy) is 1. The zero-order valence-corrected chi connectivity index (χ0v) is 19.5. The monoisotopic (exact) mass is 470 g/mol. The van der Waals surface area contributed by atoms with E-state index < -0.39 is 10.0 Å². The number of nitrogens with zero attached hydrogens (tertiary/aromatic N) is 2. The van der Waals surface area contributed by atoms with Crippen LogP contribution in [0.5, 0.6) is 5.75 Å². The predicted octanol–water partition coefficient (Wildman–Crippen LogP) is 4.14. The number of thiophene rings is 1. The van der Waals surface area contributed by atoms with Crippen LogP contribution in [0.1, 0.15) is 23.3 Å². The van der Waals surface area contributed by atoms with Crippen LogP contribution in [0.4, 0.5) is 0 Å². The van der Waals surface area contributed by atoms with Crippen molar-refractivity contribution in [1.29, 1.82) is 0 Å². The SMILES string of the molecule is COc1ccc(S(=O)(=O)N(CC(=O)N(Cc2ccccc2)Cc2cccs2)C2CC2)cc1. The topological polar surface area (TPSA) is 66.9 Å². The summed E-state index contributed by atoms with van der Waals surface area (Å²) in [5.41, 5.74) is 1.01. The van der Waals surface area contributed by atoms with Gasteiger partial charge in [0.25, 0.3) is 0 Å². The summed E-state index contributed by atoms with van der Waals surface area (Å²) in [4.78, 5) is 16.4. The number of sulfonamides is 1. The number of carbonyl (C=O) groups is 1. The second-order valence-corrected chi connectivity index (χ2v) is 10.7. The molecule has 3 aromatic rings. The highest BCUT2D eigenvalue weighted by molar-refractivity contribution is 7.89. The molecule has 32 heavy (non-hydrogen) atoms. The lowest BCUT2D eigenvalue weighted by atomic mass is 10.2. The second kappa shape index (κ2) is 9.85. The molecule has 4 rings (SSSR count). The molecule has 0 radical (unpaired) electrons. The molecule has 0 aliphatic heterocycles. The molecule has 1 saturated carbocycles. The van der Waals surface area contributed by atoms with E-state index in [0.29, 0.717) is 18.8 Å². The highest BCUT2D eigenvalue weighted by atomic mass is 32.2. The first kappa shape index (κ1) is 22.5. The van der Waals surface area contributed by atoms with E-state index in [4.69, 9.17) is 4.74 Å². The zero-order chi connectivity index (χ0) is 22.6. The van der Waals surface area contributed by atoms with Gasteiger partial charge >= 0.3 is 0 Å². The summed E-state index contributed by atoms with van der Waals surface area (Å²) in [7, 11) is -2.26. The molecule has 0 saturated heterocycles. The summed E-state index contributed by atoms with van der Waals surface area (Å²) >= 11 is 1.59. The number of hydrogen-bond donors (Lipinski definition) is 0. The molecule has 2 aromatic carbocycles. The number of hydrogen-bond acceptors (Lipinski definition) is 5. The third-order valence-electron chi connectivity index (χ3n) is 5.41. The molecule has 0 spiro atoms. The van der Waals surface area contributed by atoms with E-state index in [1.165, 1.54) is 23.5 Å². The van der Waals surface area contributed by atoms with Crippen LogP contribution in [0, 0.1) is 0 Å². The summed E-state index contributed by atoms with van der Waals surface area (Å²) < 4.78 is 33.2. The minimum atomic E-state index is -3.79. The van der Waals surface area contributed by atoms with Crippen LogP contribution >= 0.6 is 11.3 Å². The van der Waals surface area contributed by atoms with E-state index in [2.05, 4.69) is 0 Å². The summed E-state index contributed by atoms with van der Waals surface area (Å²) in [5, 5.41) is 1.98. The van der Waals surface area contributed by atoms with Crippen molar-refractivity contribution in [2.24, 2.45) is 0 Å². The first-order valence-electron chi connectivity index (χ1n) is 10.5. The number of benzene rings is 2. The van der Waals surface area contributed by atoms with E-state index >= 15 is 0 Å². The normalized spacial score (nSPS) is 13.8. The Kier molecular flexibility index (Phi) is 6.93. The van der Waals surface area contributed by atoms with Crippen LogP contribution in [0.25, 0.3) is 0 Å². The van der Waals surface area contributed by atoms with Crippen molar-refractivity contribution in [2.75, 3.05) is 13.7 Å². The van der Waals surface area contributed by atoms with Crippen molar-refractivity contribution >= 4 is 27.3 Å². The van der Waals surface area contributed by atoms with E-state index in [9.17, 15) is 13.2 Å². The van der Waals surface area contributed by atoms with Gasteiger partial charge < -0.3 is 9.64 Å². The van der Waals surface area contributed by atoms with Gasteiger partial charge in [-0.1, -0.05) is 36.4 Å². The Labute approximate surface area is 193 Å². The Balaban J connectivity index is 1.56. The third kappa shape index (κ3) is 5.38. The van der Waals surface area contributed by atoms with Gasteiger partial charge in [0, 0.05) is 17.5 Å². The minimum Gasteiger partial charge on any atom is -0.497 e. The Morgan fingerprint density at radius 3 is 2.31 bits per heavy atom. The molecule has 1 aliphatic rings. The molecule has 1 aliphatic carbocycles. The van der Waals surface area contributed by atoms with Crippen molar-refractivity contribution in [2.45, 2.75) is 36.9 Å². The van der Waals surface area contributed by atoms with Gasteiger partial charge in [-0.2, -0.15) is 4.31 Å². The van der Waals surface area contributed by atoms with Crippen molar-refractivity contribution in [1.82, 2.24) is 9.21 Å². The highest BCUT2D eigenvalue weighted by Crippen LogP contribution is 2.32. The molecule has 8 heteroatoms. The lowest BCUT2D eigenvalue weighted by Crippen LogP contribution is -2.43. The van der Waals surface area contributed by atoms with E-state index in [1.807, 2.05) is 47.8 Å². The van der Waals surface area contributed by atoms with E-state index in [1.54, 1.807) is 28.4 Å². The third-order valence-corrected chi connectivity index (χ3v) is 8.18. The van der Waals surface area contributed by atoms with Crippen molar-refractivity contribution in [3.05, 3.63) is 82.6 Å². The summed E-state index contributed by atoms with van der Waals surface area (Å²) in [6.07, 6.45) is 1.54. The largest absolute Gasteiger partial charge is 0.497 e. The molecular formula is C24H26N2O4S2. The zero-order valence-electron chi connectivity index (χ0n) is 17.9. The molecule has 1 aromatic heterocycles. The first-order chi connectivity index (χ1) is 15.5.